The molecule has 0 spiro atoms. The number of para-hydroxylation sites is 1. The Morgan fingerprint density at radius 1 is 1.17 bits per heavy atom. The van der Waals surface area contributed by atoms with E-state index >= 15 is 0 Å². The van der Waals surface area contributed by atoms with Crippen LogP contribution in [0.15, 0.2) is 64.5 Å². The van der Waals surface area contributed by atoms with Crippen molar-refractivity contribution in [3.63, 3.8) is 0 Å². The highest BCUT2D eigenvalue weighted by Crippen LogP contribution is 2.23. The van der Waals surface area contributed by atoms with Gasteiger partial charge in [-0.05, 0) is 42.7 Å². The van der Waals surface area contributed by atoms with Crippen molar-refractivity contribution in [3.8, 4) is 0 Å². The van der Waals surface area contributed by atoms with Crippen molar-refractivity contribution in [2.75, 3.05) is 37.0 Å². The van der Waals surface area contributed by atoms with E-state index in [4.69, 9.17) is 0 Å². The molecule has 0 radical (unpaired) electrons. The minimum Gasteiger partial charge on any atom is -0.373 e. The smallest absolute Gasteiger partial charge is 0.263 e. The third-order valence-corrected chi connectivity index (χ3v) is 6.83. The summed E-state index contributed by atoms with van der Waals surface area (Å²) >= 11 is 1.62. The lowest BCUT2D eigenvalue weighted by atomic mass is 10.2. The Morgan fingerprint density at radius 3 is 2.60 bits per heavy atom. The Morgan fingerprint density at radius 2 is 1.87 bits per heavy atom. The van der Waals surface area contributed by atoms with E-state index in [-0.39, 0.29) is 16.6 Å². The fourth-order valence-corrected chi connectivity index (χ4v) is 4.84. The number of sulfonamides is 1. The quantitative estimate of drug-likeness (QED) is 0.616. The summed E-state index contributed by atoms with van der Waals surface area (Å²) in [6.07, 6.45) is 2.49. The predicted molar refractivity (Wildman–Crippen MR) is 123 cm³/mol. The maximum Gasteiger partial charge on any atom is 0.263 e. The van der Waals surface area contributed by atoms with Gasteiger partial charge in [0.15, 0.2) is 0 Å². The number of carbonyl (C=O) groups is 1. The Hall–Kier alpha value is -2.52. The Bertz CT molecular complexity index is 1010. The number of thioether (sulfide) groups is 1. The second-order valence-electron chi connectivity index (χ2n) is 6.92. The zero-order chi connectivity index (χ0) is 21.6. The van der Waals surface area contributed by atoms with Crippen LogP contribution in [0, 0.1) is 0 Å². The molecular formula is C21H26N4O3S2. The monoisotopic (exact) mass is 446 g/mol. The lowest BCUT2D eigenvalue weighted by Crippen LogP contribution is -2.39. The second-order valence-corrected chi connectivity index (χ2v) is 9.56. The highest BCUT2D eigenvalue weighted by molar-refractivity contribution is 7.98. The van der Waals surface area contributed by atoms with E-state index in [1.165, 1.54) is 6.07 Å². The molecule has 0 aromatic heterocycles. The first-order valence-corrected chi connectivity index (χ1v) is 12.5. The van der Waals surface area contributed by atoms with Crippen LogP contribution in [0.25, 0.3) is 0 Å². The number of likely N-dealkylation sites (N-methyl/N-ethyl adjacent to an activating group) is 1. The van der Waals surface area contributed by atoms with Crippen LogP contribution in [0.5, 0.6) is 0 Å². The molecule has 0 fully saturated rings. The van der Waals surface area contributed by atoms with Gasteiger partial charge < -0.3 is 10.2 Å². The van der Waals surface area contributed by atoms with Gasteiger partial charge in [0.1, 0.15) is 11.9 Å². The molecule has 0 aliphatic carbocycles. The minimum atomic E-state index is -3.63. The fourth-order valence-electron chi connectivity index (χ4n) is 3.15. The van der Waals surface area contributed by atoms with E-state index < -0.39 is 16.1 Å². The molecule has 2 N–H and O–H groups in total. The summed E-state index contributed by atoms with van der Waals surface area (Å²) in [6.45, 7) is 1.12. The third kappa shape index (κ3) is 5.34. The number of aliphatic imine (C=N–C) groups is 1. The summed E-state index contributed by atoms with van der Waals surface area (Å²) in [5.41, 5.74) is 1.58. The van der Waals surface area contributed by atoms with E-state index in [2.05, 4.69) is 19.9 Å². The molecule has 0 saturated carbocycles. The average molecular weight is 447 g/mol. The maximum absolute atomic E-state index is 12.8. The molecule has 160 valence electrons. The van der Waals surface area contributed by atoms with Gasteiger partial charge in [0.2, 0.25) is 5.91 Å². The highest BCUT2D eigenvalue weighted by Gasteiger charge is 2.31. The summed E-state index contributed by atoms with van der Waals surface area (Å²) in [5.74, 6) is 0.766. The third-order valence-electron chi connectivity index (χ3n) is 4.79. The number of fused-ring (bicyclic) bond motifs is 1. The molecular weight excluding hydrogens is 420 g/mol. The van der Waals surface area contributed by atoms with Crippen molar-refractivity contribution in [3.05, 3.63) is 60.2 Å². The number of rotatable bonds is 9. The summed E-state index contributed by atoms with van der Waals surface area (Å²) in [4.78, 5) is 19.6. The first-order chi connectivity index (χ1) is 14.4. The molecule has 1 amide bonds. The Balaban J connectivity index is 1.68. The zero-order valence-corrected chi connectivity index (χ0v) is 18.7. The van der Waals surface area contributed by atoms with E-state index in [0.717, 1.165) is 11.4 Å². The lowest BCUT2D eigenvalue weighted by Gasteiger charge is -2.20. The van der Waals surface area contributed by atoms with E-state index in [9.17, 15) is 13.2 Å². The van der Waals surface area contributed by atoms with E-state index in [1.807, 2.05) is 43.6 Å². The largest absolute Gasteiger partial charge is 0.373 e. The molecule has 0 unspecified atom stereocenters. The van der Waals surface area contributed by atoms with Crippen LogP contribution in [0.2, 0.25) is 0 Å². The molecule has 2 aromatic carbocycles. The number of amides is 1. The molecule has 3 rings (SSSR count). The van der Waals surface area contributed by atoms with Crippen LogP contribution in [0.1, 0.15) is 12.0 Å². The van der Waals surface area contributed by atoms with E-state index in [1.54, 1.807) is 30.0 Å². The standard InChI is InChI=1S/C21H26N4O3S2/c1-25(16-8-4-3-5-9-16)14-13-22-21(26)18(12-15-29-2)23-20-17-10-6-7-11-19(17)30(27,28)24-20/h3-11,18H,12-15H2,1-2H3,(H,22,26)(H,23,24)/t18-/m0/s1. The normalized spacial score (nSPS) is 16.5. The van der Waals surface area contributed by atoms with Crippen LogP contribution in [0.4, 0.5) is 5.69 Å². The summed E-state index contributed by atoms with van der Waals surface area (Å²) in [7, 11) is -1.66. The van der Waals surface area contributed by atoms with Gasteiger partial charge in [-0.15, -0.1) is 0 Å². The lowest BCUT2D eigenvalue weighted by molar-refractivity contribution is -0.122. The van der Waals surface area contributed by atoms with E-state index in [0.29, 0.717) is 25.1 Å². The Labute approximate surface area is 182 Å². The molecule has 1 atom stereocenters. The molecule has 0 bridgehead atoms. The molecule has 30 heavy (non-hydrogen) atoms. The second kappa shape index (κ2) is 9.99. The SMILES string of the molecule is CSCC[C@H](N=C1NS(=O)(=O)c2ccccc21)C(=O)NCCN(C)c1ccccc1. The number of anilines is 1. The average Bonchev–Trinajstić information content (AvgIpc) is 3.01. The first-order valence-electron chi connectivity index (χ1n) is 9.65. The van der Waals surface area contributed by atoms with Crippen LogP contribution in [0.3, 0.4) is 0 Å². The summed E-state index contributed by atoms with van der Waals surface area (Å²) in [6, 6.07) is 15.9. The zero-order valence-electron chi connectivity index (χ0n) is 17.0. The highest BCUT2D eigenvalue weighted by atomic mass is 32.2. The van der Waals surface area contributed by atoms with Crippen molar-refractivity contribution < 1.29 is 13.2 Å². The number of hydrogen-bond donors (Lipinski definition) is 2. The Kier molecular flexibility index (Phi) is 7.38. The number of hydrogen-bond acceptors (Lipinski definition) is 6. The summed E-state index contributed by atoms with van der Waals surface area (Å²) in [5, 5.41) is 2.94. The van der Waals surface area contributed by atoms with Crippen LogP contribution < -0.4 is 14.9 Å². The van der Waals surface area contributed by atoms with Crippen molar-refractivity contribution in [2.45, 2.75) is 17.4 Å². The fraction of sp³-hybridized carbons (Fsp3) is 0.333. The molecule has 1 heterocycles. The van der Waals surface area contributed by atoms with Gasteiger partial charge in [0.05, 0.1) is 4.90 Å². The van der Waals surface area contributed by atoms with Gasteiger partial charge >= 0.3 is 0 Å². The predicted octanol–water partition coefficient (Wildman–Crippen LogP) is 2.10. The van der Waals surface area contributed by atoms with Crippen molar-refractivity contribution in [1.82, 2.24) is 10.0 Å². The van der Waals surface area contributed by atoms with Crippen LogP contribution in [-0.4, -0.2) is 58.3 Å². The molecule has 2 aromatic rings. The number of nitrogens with zero attached hydrogens (tertiary/aromatic N) is 2. The van der Waals surface area contributed by atoms with Gasteiger partial charge in [-0.2, -0.15) is 11.8 Å². The maximum atomic E-state index is 12.8. The van der Waals surface area contributed by atoms with Crippen LogP contribution >= 0.6 is 11.8 Å². The van der Waals surface area contributed by atoms with Gasteiger partial charge in [-0.1, -0.05) is 30.3 Å². The number of nitrogens with one attached hydrogen (secondary N) is 2. The van der Waals surface area contributed by atoms with Gasteiger partial charge in [-0.3, -0.25) is 14.5 Å². The topological polar surface area (TPSA) is 90.9 Å². The minimum absolute atomic E-state index is 0.192. The van der Waals surface area contributed by atoms with Gasteiger partial charge in [0, 0.05) is 31.4 Å². The van der Waals surface area contributed by atoms with Crippen LogP contribution in [-0.2, 0) is 14.8 Å². The molecule has 9 heteroatoms. The molecule has 7 nitrogen and oxygen atoms in total. The van der Waals surface area contributed by atoms with Gasteiger partial charge in [-0.25, -0.2) is 8.42 Å². The van der Waals surface area contributed by atoms with Crippen molar-refractivity contribution in [2.24, 2.45) is 4.99 Å². The van der Waals surface area contributed by atoms with Crippen molar-refractivity contribution >= 4 is 39.2 Å². The first kappa shape index (κ1) is 22.2. The molecule has 1 aliphatic rings. The molecule has 1 aliphatic heterocycles. The van der Waals surface area contributed by atoms with Crippen molar-refractivity contribution in [1.29, 1.82) is 0 Å². The molecule has 0 saturated heterocycles. The number of benzene rings is 2. The summed E-state index contributed by atoms with van der Waals surface area (Å²) < 4.78 is 27.1. The number of amidine groups is 1. The number of carbonyl (C=O) groups excluding carboxylic acids is 1. The van der Waals surface area contributed by atoms with Gasteiger partial charge in [0.25, 0.3) is 10.0 Å².